The van der Waals surface area contributed by atoms with Gasteiger partial charge in [0.25, 0.3) is 5.91 Å². The molecule has 8 heteroatoms. The minimum atomic E-state index is -3.71. The topological polar surface area (TPSA) is 93.7 Å². The summed E-state index contributed by atoms with van der Waals surface area (Å²) in [6.45, 7) is 8.52. The Morgan fingerprint density at radius 3 is 2.45 bits per heavy atom. The molecule has 0 radical (unpaired) electrons. The first kappa shape index (κ1) is 22.9. The second-order valence-corrected chi connectivity index (χ2v) is 9.06. The predicted molar refractivity (Wildman–Crippen MR) is 113 cm³/mol. The van der Waals surface area contributed by atoms with Crippen LogP contribution in [0.5, 0.6) is 5.75 Å². The molecule has 0 saturated heterocycles. The Bertz CT molecular complexity index is 936. The van der Waals surface area contributed by atoms with Crippen LogP contribution < -0.4 is 14.8 Å². The van der Waals surface area contributed by atoms with Gasteiger partial charge in [0.05, 0.1) is 17.1 Å². The van der Waals surface area contributed by atoms with Gasteiger partial charge >= 0.3 is 0 Å². The number of carbonyl (C=O) groups is 1. The number of rotatable bonds is 9. The molecule has 29 heavy (non-hydrogen) atoms. The molecule has 2 N–H and O–H groups in total. The molecular weight excluding hydrogens is 392 g/mol. The van der Waals surface area contributed by atoms with E-state index in [0.29, 0.717) is 36.8 Å². The van der Waals surface area contributed by atoms with Crippen molar-refractivity contribution in [3.8, 4) is 5.75 Å². The molecule has 0 aliphatic heterocycles. The van der Waals surface area contributed by atoms with Crippen molar-refractivity contribution in [3.63, 3.8) is 0 Å². The number of anilines is 1. The first-order valence-corrected chi connectivity index (χ1v) is 10.9. The van der Waals surface area contributed by atoms with Crippen LogP contribution >= 0.6 is 0 Å². The van der Waals surface area contributed by atoms with E-state index >= 15 is 0 Å². The first-order valence-electron chi connectivity index (χ1n) is 9.37. The van der Waals surface area contributed by atoms with Gasteiger partial charge in [-0.1, -0.05) is 18.2 Å². The fraction of sp³-hybridized carbons (Fsp3) is 0.381. The van der Waals surface area contributed by atoms with Crippen LogP contribution in [0, 0.1) is 0 Å². The van der Waals surface area contributed by atoms with E-state index in [1.807, 2.05) is 6.92 Å². The van der Waals surface area contributed by atoms with Crippen LogP contribution in [0.25, 0.3) is 0 Å². The zero-order valence-electron chi connectivity index (χ0n) is 17.2. The Balaban J connectivity index is 2.16. The fourth-order valence-corrected chi connectivity index (χ4v) is 4.00. The van der Waals surface area contributed by atoms with Crippen LogP contribution in [-0.2, 0) is 14.8 Å². The molecule has 2 aromatic rings. The third-order valence-electron chi connectivity index (χ3n) is 3.66. The van der Waals surface area contributed by atoms with Gasteiger partial charge in [-0.05, 0) is 58.0 Å². The maximum absolute atomic E-state index is 12.7. The summed E-state index contributed by atoms with van der Waals surface area (Å²) < 4.78 is 38.5. The number of nitrogens with one attached hydrogen (secondary N) is 2. The highest BCUT2D eigenvalue weighted by Gasteiger charge is 2.22. The van der Waals surface area contributed by atoms with E-state index in [4.69, 9.17) is 9.47 Å². The Kier molecular flexibility index (Phi) is 7.78. The van der Waals surface area contributed by atoms with Crippen molar-refractivity contribution in [1.29, 1.82) is 0 Å². The van der Waals surface area contributed by atoms with Gasteiger partial charge in [-0.3, -0.25) is 4.79 Å². The van der Waals surface area contributed by atoms with Gasteiger partial charge in [0, 0.05) is 17.8 Å². The summed E-state index contributed by atoms with van der Waals surface area (Å²) >= 11 is 0. The van der Waals surface area contributed by atoms with Crippen LogP contribution in [0.3, 0.4) is 0 Å². The molecular formula is C21H28N2O5S. The van der Waals surface area contributed by atoms with Crippen molar-refractivity contribution < 1.29 is 22.7 Å². The summed E-state index contributed by atoms with van der Waals surface area (Å²) in [5, 5.41) is 2.73. The van der Waals surface area contributed by atoms with Crippen LogP contribution in [0.1, 0.15) is 38.1 Å². The van der Waals surface area contributed by atoms with Crippen molar-refractivity contribution in [2.75, 3.05) is 25.1 Å². The van der Waals surface area contributed by atoms with Crippen LogP contribution in [-0.4, -0.2) is 39.7 Å². The summed E-state index contributed by atoms with van der Waals surface area (Å²) in [7, 11) is -3.71. The molecule has 2 aromatic carbocycles. The molecule has 0 atom stereocenters. The van der Waals surface area contributed by atoms with Gasteiger partial charge in [-0.2, -0.15) is 0 Å². The number of hydrogen-bond donors (Lipinski definition) is 2. The normalized spacial score (nSPS) is 11.9. The Hall–Kier alpha value is -2.42. The summed E-state index contributed by atoms with van der Waals surface area (Å²) in [6, 6.07) is 13.0. The highest BCUT2D eigenvalue weighted by molar-refractivity contribution is 7.89. The van der Waals surface area contributed by atoms with Crippen LogP contribution in [0.15, 0.2) is 53.4 Å². The second-order valence-electron chi connectivity index (χ2n) is 7.38. The van der Waals surface area contributed by atoms with E-state index in [1.165, 1.54) is 12.1 Å². The lowest BCUT2D eigenvalue weighted by Crippen LogP contribution is -2.40. The highest BCUT2D eigenvalue weighted by Crippen LogP contribution is 2.22. The molecule has 2 rings (SSSR count). The number of benzene rings is 2. The molecule has 0 aliphatic rings. The Morgan fingerprint density at radius 1 is 1.03 bits per heavy atom. The van der Waals surface area contributed by atoms with Crippen molar-refractivity contribution in [3.05, 3.63) is 54.1 Å². The summed E-state index contributed by atoms with van der Waals surface area (Å²) in [5.41, 5.74) is 0.108. The van der Waals surface area contributed by atoms with Crippen molar-refractivity contribution >= 4 is 21.6 Å². The lowest BCUT2D eigenvalue weighted by molar-refractivity contribution is 0.0998. The number of ether oxygens (including phenoxy) is 2. The maximum atomic E-state index is 12.7. The van der Waals surface area contributed by atoms with Gasteiger partial charge in [-0.15, -0.1) is 0 Å². The van der Waals surface area contributed by atoms with E-state index in [9.17, 15) is 13.2 Å². The minimum Gasteiger partial charge on any atom is -0.490 e. The first-order chi connectivity index (χ1) is 13.6. The van der Waals surface area contributed by atoms with Gasteiger partial charge < -0.3 is 14.8 Å². The molecule has 0 unspecified atom stereocenters. The third kappa shape index (κ3) is 7.16. The second kappa shape index (κ2) is 9.87. The molecule has 0 heterocycles. The molecule has 0 spiro atoms. The number of hydrogen-bond acceptors (Lipinski definition) is 5. The van der Waals surface area contributed by atoms with Crippen molar-refractivity contribution in [2.24, 2.45) is 0 Å². The zero-order chi connectivity index (χ0) is 21.5. The smallest absolute Gasteiger partial charge is 0.259 e. The van der Waals surface area contributed by atoms with E-state index < -0.39 is 21.5 Å². The van der Waals surface area contributed by atoms with Crippen LogP contribution in [0.4, 0.5) is 5.69 Å². The number of sulfonamides is 1. The third-order valence-corrected chi connectivity index (χ3v) is 5.42. The fourth-order valence-electron chi connectivity index (χ4n) is 2.54. The lowest BCUT2D eigenvalue weighted by atomic mass is 10.1. The Morgan fingerprint density at radius 2 is 1.76 bits per heavy atom. The van der Waals surface area contributed by atoms with Gasteiger partial charge in [0.2, 0.25) is 10.0 Å². The summed E-state index contributed by atoms with van der Waals surface area (Å²) in [5.74, 6) is 0.0400. The average Bonchev–Trinajstić information content (AvgIpc) is 2.64. The molecule has 1 amide bonds. The zero-order valence-corrected chi connectivity index (χ0v) is 18.0. The summed E-state index contributed by atoms with van der Waals surface area (Å²) in [4.78, 5) is 12.8. The van der Waals surface area contributed by atoms with E-state index in [1.54, 1.807) is 57.2 Å². The van der Waals surface area contributed by atoms with Crippen molar-refractivity contribution in [2.45, 2.75) is 38.1 Å². The minimum absolute atomic E-state index is 0.0754. The van der Waals surface area contributed by atoms with E-state index in [2.05, 4.69) is 10.0 Å². The van der Waals surface area contributed by atoms with E-state index in [0.717, 1.165) is 0 Å². The highest BCUT2D eigenvalue weighted by atomic mass is 32.2. The van der Waals surface area contributed by atoms with Gasteiger partial charge in [0.1, 0.15) is 12.4 Å². The predicted octanol–water partition coefficient (Wildman–Crippen LogP) is 3.43. The van der Waals surface area contributed by atoms with Crippen LogP contribution in [0.2, 0.25) is 0 Å². The molecule has 0 aliphatic carbocycles. The molecule has 7 nitrogen and oxygen atoms in total. The van der Waals surface area contributed by atoms with Gasteiger partial charge in [0.15, 0.2) is 0 Å². The molecule has 0 aromatic heterocycles. The molecule has 0 fully saturated rings. The number of para-hydroxylation sites is 1. The van der Waals surface area contributed by atoms with Gasteiger partial charge in [-0.25, -0.2) is 13.1 Å². The van der Waals surface area contributed by atoms with Crippen molar-refractivity contribution in [1.82, 2.24) is 4.72 Å². The molecule has 0 bridgehead atoms. The largest absolute Gasteiger partial charge is 0.490 e. The molecule has 158 valence electrons. The lowest BCUT2D eigenvalue weighted by Gasteiger charge is -2.20. The van der Waals surface area contributed by atoms with E-state index in [-0.39, 0.29) is 4.90 Å². The maximum Gasteiger partial charge on any atom is 0.259 e. The number of amides is 1. The Labute approximate surface area is 172 Å². The SMILES string of the molecule is CCOCCOc1ccccc1C(=O)Nc1cccc(S(=O)(=O)NC(C)(C)C)c1. The average molecular weight is 421 g/mol. The summed E-state index contributed by atoms with van der Waals surface area (Å²) in [6.07, 6.45) is 0. The monoisotopic (exact) mass is 420 g/mol. The number of carbonyl (C=O) groups excluding carboxylic acids is 1. The molecule has 0 saturated carbocycles. The quantitative estimate of drug-likeness (QED) is 0.606. The standard InChI is InChI=1S/C21H28N2O5S/c1-5-27-13-14-28-19-12-7-6-11-18(19)20(24)22-16-9-8-10-17(15-16)29(25,26)23-21(2,3)4/h6-12,15,23H,5,13-14H2,1-4H3,(H,22,24).